The number of H-pyrrole nitrogens is 1. The molecule has 1 spiro atoms. The van der Waals surface area contributed by atoms with Crippen LogP contribution in [0.5, 0.6) is 0 Å². The van der Waals surface area contributed by atoms with Crippen LogP contribution >= 0.6 is 23.5 Å². The number of nitrogens with zero attached hydrogens (tertiary/aromatic N) is 1. The van der Waals surface area contributed by atoms with Gasteiger partial charge in [0, 0.05) is 28.2 Å². The Kier molecular flexibility index (Phi) is 3.50. The number of fused-ring (bicyclic) bond motifs is 6. The van der Waals surface area contributed by atoms with Crippen LogP contribution in [0.4, 0.5) is 0 Å². The molecule has 0 amide bonds. The van der Waals surface area contributed by atoms with Gasteiger partial charge in [-0.05, 0) is 62.8 Å². The van der Waals surface area contributed by atoms with Crippen molar-refractivity contribution in [1.29, 1.82) is 0 Å². The molecule has 0 saturated carbocycles. The van der Waals surface area contributed by atoms with Gasteiger partial charge in [-0.1, -0.05) is 18.2 Å². The van der Waals surface area contributed by atoms with Gasteiger partial charge in [0.1, 0.15) is 4.08 Å². The molecule has 5 rings (SSSR count). The van der Waals surface area contributed by atoms with Crippen molar-refractivity contribution in [3.05, 3.63) is 35.5 Å². The van der Waals surface area contributed by atoms with Crippen molar-refractivity contribution in [2.45, 2.75) is 35.8 Å². The lowest BCUT2D eigenvalue weighted by atomic mass is 9.76. The number of rotatable bonds is 0. The molecule has 3 aliphatic rings. The first-order valence-electron chi connectivity index (χ1n) is 8.88. The van der Waals surface area contributed by atoms with Crippen LogP contribution in [0.25, 0.3) is 10.9 Å². The lowest BCUT2D eigenvalue weighted by molar-refractivity contribution is 0.104. The molecule has 1 aromatic heterocycles. The van der Waals surface area contributed by atoms with Crippen LogP contribution < -0.4 is 0 Å². The summed E-state index contributed by atoms with van der Waals surface area (Å²) < 4.78 is 0.284. The number of aromatic amines is 1. The van der Waals surface area contributed by atoms with Crippen LogP contribution in [0.1, 0.15) is 43.0 Å². The highest BCUT2D eigenvalue weighted by atomic mass is 32.2. The number of likely N-dealkylation sites (tertiary alicyclic amines) is 1. The molecular weight excluding hydrogens is 320 g/mol. The van der Waals surface area contributed by atoms with E-state index >= 15 is 0 Å². The summed E-state index contributed by atoms with van der Waals surface area (Å²) in [5.41, 5.74) is 4.51. The van der Waals surface area contributed by atoms with E-state index in [4.69, 9.17) is 0 Å². The van der Waals surface area contributed by atoms with Crippen molar-refractivity contribution in [1.82, 2.24) is 9.88 Å². The van der Waals surface area contributed by atoms with Gasteiger partial charge in [0.25, 0.3) is 0 Å². The summed E-state index contributed by atoms with van der Waals surface area (Å²) in [4.78, 5) is 6.49. The molecule has 4 heteroatoms. The number of hydrogen-bond donors (Lipinski definition) is 1. The van der Waals surface area contributed by atoms with Crippen LogP contribution in [0.2, 0.25) is 0 Å². The summed E-state index contributed by atoms with van der Waals surface area (Å²) >= 11 is 4.43. The minimum Gasteiger partial charge on any atom is -0.356 e. The number of piperidine rings is 1. The van der Waals surface area contributed by atoms with E-state index in [0.717, 1.165) is 5.92 Å². The van der Waals surface area contributed by atoms with Crippen molar-refractivity contribution in [2.24, 2.45) is 5.92 Å². The first-order valence-corrected chi connectivity index (χ1v) is 10.8. The summed E-state index contributed by atoms with van der Waals surface area (Å²) in [6.07, 6.45) is 5.47. The highest BCUT2D eigenvalue weighted by Crippen LogP contribution is 2.62. The maximum Gasteiger partial charge on any atom is 0.101 e. The lowest BCUT2D eigenvalue weighted by Gasteiger charge is -2.50. The van der Waals surface area contributed by atoms with Gasteiger partial charge in [-0.3, -0.25) is 4.90 Å². The highest BCUT2D eigenvalue weighted by molar-refractivity contribution is 8.18. The van der Waals surface area contributed by atoms with Gasteiger partial charge in [0.2, 0.25) is 0 Å². The Morgan fingerprint density at radius 3 is 2.87 bits per heavy atom. The quantitative estimate of drug-likeness (QED) is 0.727. The first-order chi connectivity index (χ1) is 11.3. The van der Waals surface area contributed by atoms with Gasteiger partial charge < -0.3 is 4.98 Å². The molecule has 23 heavy (non-hydrogen) atoms. The van der Waals surface area contributed by atoms with Gasteiger partial charge in [-0.2, -0.15) is 0 Å². The molecule has 1 N–H and O–H groups in total. The second-order valence-electron chi connectivity index (χ2n) is 7.29. The Labute approximate surface area is 146 Å². The Hall–Kier alpha value is -0.580. The smallest absolute Gasteiger partial charge is 0.101 e. The normalized spacial score (nSPS) is 30.3. The minimum atomic E-state index is 0.284. The monoisotopic (exact) mass is 344 g/mol. The molecule has 2 nitrogen and oxygen atoms in total. The van der Waals surface area contributed by atoms with E-state index < -0.39 is 0 Å². The molecule has 0 unspecified atom stereocenters. The average Bonchev–Trinajstić information content (AvgIpc) is 2.97. The molecule has 2 fully saturated rings. The number of thioether (sulfide) groups is 2. The van der Waals surface area contributed by atoms with Gasteiger partial charge >= 0.3 is 0 Å². The third kappa shape index (κ3) is 2.14. The zero-order chi connectivity index (χ0) is 15.4. The second-order valence-corrected chi connectivity index (χ2v) is 10.3. The van der Waals surface area contributed by atoms with Gasteiger partial charge in [0.05, 0.1) is 0 Å². The van der Waals surface area contributed by atoms with Crippen LogP contribution in [-0.2, 0) is 4.08 Å². The number of nitrogens with one attached hydrogen (secondary N) is 1. The highest BCUT2D eigenvalue weighted by Gasteiger charge is 2.50. The zero-order valence-corrected chi connectivity index (χ0v) is 15.3. The molecule has 3 heterocycles. The van der Waals surface area contributed by atoms with E-state index in [9.17, 15) is 0 Å². The van der Waals surface area contributed by atoms with Crippen molar-refractivity contribution in [2.75, 3.05) is 25.1 Å². The predicted molar refractivity (Wildman–Crippen MR) is 102 cm³/mol. The third-order valence-corrected chi connectivity index (χ3v) is 9.29. The van der Waals surface area contributed by atoms with E-state index in [-0.39, 0.29) is 4.08 Å². The Morgan fingerprint density at radius 2 is 2.00 bits per heavy atom. The van der Waals surface area contributed by atoms with Crippen LogP contribution in [-0.4, -0.2) is 35.0 Å². The fraction of sp³-hybridized carbons (Fsp3) is 0.579. The fourth-order valence-corrected chi connectivity index (χ4v) is 8.51. The fourth-order valence-electron chi connectivity index (χ4n) is 4.98. The zero-order valence-electron chi connectivity index (χ0n) is 13.7. The van der Waals surface area contributed by atoms with Gasteiger partial charge in [0.15, 0.2) is 0 Å². The predicted octanol–water partition coefficient (Wildman–Crippen LogP) is 4.98. The molecule has 0 radical (unpaired) electrons. The van der Waals surface area contributed by atoms with E-state index in [1.54, 1.807) is 11.3 Å². The first kappa shape index (κ1) is 14.7. The van der Waals surface area contributed by atoms with Crippen molar-refractivity contribution in [3.63, 3.8) is 0 Å². The molecule has 2 aromatic rings. The maximum atomic E-state index is 3.86. The number of benzene rings is 1. The summed E-state index contributed by atoms with van der Waals surface area (Å²) in [5.74, 6) is 3.45. The minimum absolute atomic E-state index is 0.284. The lowest BCUT2D eigenvalue weighted by Crippen LogP contribution is -2.43. The Balaban J connectivity index is 1.76. The number of aromatic nitrogens is 1. The summed E-state index contributed by atoms with van der Waals surface area (Å²) in [7, 11) is 2.33. The molecule has 122 valence electrons. The maximum absolute atomic E-state index is 3.86. The molecular formula is C19H24N2S2. The molecule has 0 bridgehead atoms. The summed E-state index contributed by atoms with van der Waals surface area (Å²) in [6.45, 7) is 1.24. The molecule has 1 aliphatic carbocycles. The van der Waals surface area contributed by atoms with E-state index in [2.05, 4.69) is 64.7 Å². The molecule has 1 aromatic carbocycles. The molecule has 2 saturated heterocycles. The summed E-state index contributed by atoms with van der Waals surface area (Å²) in [6, 6.07) is 9.58. The van der Waals surface area contributed by atoms with Crippen LogP contribution in [0.15, 0.2) is 24.3 Å². The number of para-hydroxylation sites is 1. The van der Waals surface area contributed by atoms with Crippen molar-refractivity contribution < 1.29 is 0 Å². The standard InChI is InChI=1S/C19H24N2S2/c1-21-9-4-6-13-12-19(22-10-5-11-23-19)18-16(17(13)21)14-7-2-3-8-15(14)20-18/h2-3,7-8,13,17,20H,4-6,9-12H2,1H3/t13-,17+/m0/s1. The van der Waals surface area contributed by atoms with E-state index in [1.807, 2.05) is 0 Å². The van der Waals surface area contributed by atoms with Gasteiger partial charge in [-0.25, -0.2) is 0 Å². The van der Waals surface area contributed by atoms with E-state index in [1.165, 1.54) is 54.6 Å². The van der Waals surface area contributed by atoms with Crippen molar-refractivity contribution >= 4 is 34.4 Å². The van der Waals surface area contributed by atoms with E-state index in [0.29, 0.717) is 6.04 Å². The molecule has 2 atom stereocenters. The SMILES string of the molecule is CN1CCC[C@H]2CC3(SCCCS3)c3[nH]c4ccccc4c3[C@@H]21. The van der Waals surface area contributed by atoms with Crippen LogP contribution in [0, 0.1) is 5.92 Å². The largest absolute Gasteiger partial charge is 0.356 e. The summed E-state index contributed by atoms with van der Waals surface area (Å²) in [5, 5.41) is 1.47. The van der Waals surface area contributed by atoms with Crippen molar-refractivity contribution in [3.8, 4) is 0 Å². The topological polar surface area (TPSA) is 19.0 Å². The molecule has 2 aliphatic heterocycles. The second kappa shape index (κ2) is 5.47. The third-order valence-electron chi connectivity index (χ3n) is 5.92. The average molecular weight is 345 g/mol. The van der Waals surface area contributed by atoms with Crippen LogP contribution in [0.3, 0.4) is 0 Å². The van der Waals surface area contributed by atoms with Gasteiger partial charge in [-0.15, -0.1) is 23.5 Å². The number of hydrogen-bond acceptors (Lipinski definition) is 3. The Bertz CT molecular complexity index is 732. The Morgan fingerprint density at radius 1 is 1.17 bits per heavy atom.